The first-order chi connectivity index (χ1) is 15.9. The number of nitrogens with zero attached hydrogens (tertiary/aromatic N) is 1. The highest BCUT2D eigenvalue weighted by Gasteiger charge is 2.34. The molecule has 1 heterocycles. The Bertz CT molecular complexity index is 1050. The number of rotatable bonds is 6. The van der Waals surface area contributed by atoms with Gasteiger partial charge in [0, 0.05) is 19.0 Å². The highest BCUT2D eigenvalue weighted by atomic mass is 19.4. The number of ether oxygens (including phenoxy) is 2. The topological polar surface area (TPSA) is 76.1 Å². The predicted octanol–water partition coefficient (Wildman–Crippen LogP) is 5.60. The fourth-order valence-corrected chi connectivity index (χ4v) is 3.70. The van der Waals surface area contributed by atoms with E-state index in [-0.39, 0.29) is 18.1 Å². The standard InChI is InChI=1S/C24H25F4NO5/c1-23(2,21(30)31)34-18-7-3-5-16(12-18)17-6-4-10-29(13-17)22(32)33-14-15-8-9-19(20(25)11-15)24(26,27)28/h3,5,7-9,11-12,17H,4,6,10,13-14H2,1-2H3,(H,30,31)/t17-/m1/s1. The van der Waals surface area contributed by atoms with E-state index in [4.69, 9.17) is 9.47 Å². The van der Waals surface area contributed by atoms with Gasteiger partial charge in [-0.05, 0) is 62.1 Å². The summed E-state index contributed by atoms with van der Waals surface area (Å²) in [7, 11) is 0. The van der Waals surface area contributed by atoms with E-state index in [1.165, 1.54) is 18.7 Å². The van der Waals surface area contributed by atoms with Crippen LogP contribution in [0, 0.1) is 5.82 Å². The van der Waals surface area contributed by atoms with Crippen LogP contribution in [0.3, 0.4) is 0 Å². The molecule has 184 valence electrons. The molecule has 1 fully saturated rings. The summed E-state index contributed by atoms with van der Waals surface area (Å²) in [5.41, 5.74) is -1.79. The second kappa shape index (κ2) is 9.90. The Morgan fingerprint density at radius 3 is 2.53 bits per heavy atom. The number of halogens is 4. The molecule has 2 aromatic rings. The quantitative estimate of drug-likeness (QED) is 0.541. The van der Waals surface area contributed by atoms with Crippen molar-refractivity contribution in [3.63, 3.8) is 0 Å². The van der Waals surface area contributed by atoms with Crippen molar-refractivity contribution < 1.29 is 41.7 Å². The van der Waals surface area contributed by atoms with Gasteiger partial charge in [0.1, 0.15) is 18.2 Å². The summed E-state index contributed by atoms with van der Waals surface area (Å²) >= 11 is 0. The number of likely N-dealkylation sites (tertiary alicyclic amines) is 1. The minimum atomic E-state index is -4.80. The zero-order valence-electron chi connectivity index (χ0n) is 18.7. The highest BCUT2D eigenvalue weighted by Crippen LogP contribution is 2.32. The lowest BCUT2D eigenvalue weighted by Gasteiger charge is -2.32. The third kappa shape index (κ3) is 6.18. The first kappa shape index (κ1) is 25.3. The van der Waals surface area contributed by atoms with Crippen molar-refractivity contribution in [1.82, 2.24) is 4.90 Å². The van der Waals surface area contributed by atoms with Crippen LogP contribution >= 0.6 is 0 Å². The number of carboxylic acid groups (broad SMARTS) is 1. The lowest BCUT2D eigenvalue weighted by molar-refractivity contribution is -0.152. The summed E-state index contributed by atoms with van der Waals surface area (Å²) in [4.78, 5) is 25.3. The number of hydrogen-bond donors (Lipinski definition) is 1. The Kier molecular flexibility index (Phi) is 7.38. The summed E-state index contributed by atoms with van der Waals surface area (Å²) in [6.45, 7) is 3.32. The molecule has 0 unspecified atom stereocenters. The molecule has 1 atom stereocenters. The third-order valence-corrected chi connectivity index (χ3v) is 5.60. The van der Waals surface area contributed by atoms with E-state index in [9.17, 15) is 32.3 Å². The van der Waals surface area contributed by atoms with Crippen LogP contribution in [-0.4, -0.2) is 40.8 Å². The molecule has 6 nitrogen and oxygen atoms in total. The lowest BCUT2D eigenvalue weighted by atomic mass is 9.90. The molecule has 0 spiro atoms. The van der Waals surface area contributed by atoms with E-state index in [1.807, 2.05) is 6.07 Å². The lowest BCUT2D eigenvalue weighted by Crippen LogP contribution is -2.39. The van der Waals surface area contributed by atoms with E-state index in [0.29, 0.717) is 37.4 Å². The Hall–Kier alpha value is -3.30. The van der Waals surface area contributed by atoms with Crippen LogP contribution in [0.5, 0.6) is 5.75 Å². The number of alkyl halides is 3. The molecule has 2 aromatic carbocycles. The zero-order chi connectivity index (χ0) is 25.1. The maximum absolute atomic E-state index is 13.7. The van der Waals surface area contributed by atoms with Gasteiger partial charge in [0.2, 0.25) is 0 Å². The molecule has 1 N–H and O–H groups in total. The predicted molar refractivity (Wildman–Crippen MR) is 114 cm³/mol. The van der Waals surface area contributed by atoms with Gasteiger partial charge in [-0.15, -0.1) is 0 Å². The SMILES string of the molecule is CC(C)(Oc1cccc([C@@H]2CCCN(C(=O)OCc3ccc(C(F)(F)F)c(F)c3)C2)c1)C(=O)O. The van der Waals surface area contributed by atoms with Crippen molar-refractivity contribution in [2.45, 2.75) is 51.0 Å². The van der Waals surface area contributed by atoms with Gasteiger partial charge in [-0.25, -0.2) is 14.0 Å². The van der Waals surface area contributed by atoms with Crippen LogP contribution in [0.15, 0.2) is 42.5 Å². The van der Waals surface area contributed by atoms with Crippen molar-refractivity contribution >= 4 is 12.1 Å². The zero-order valence-corrected chi connectivity index (χ0v) is 18.7. The molecule has 0 aliphatic carbocycles. The molecule has 1 saturated heterocycles. The Labute approximate surface area is 194 Å². The van der Waals surface area contributed by atoms with E-state index in [1.54, 1.807) is 18.2 Å². The van der Waals surface area contributed by atoms with Crippen molar-refractivity contribution in [3.05, 3.63) is 65.0 Å². The number of hydrogen-bond acceptors (Lipinski definition) is 4. The van der Waals surface area contributed by atoms with Gasteiger partial charge in [-0.3, -0.25) is 0 Å². The van der Waals surface area contributed by atoms with Gasteiger partial charge in [0.15, 0.2) is 5.60 Å². The summed E-state index contributed by atoms with van der Waals surface area (Å²) in [5, 5.41) is 9.26. The fraction of sp³-hybridized carbons (Fsp3) is 0.417. The van der Waals surface area contributed by atoms with Gasteiger partial charge in [0.05, 0.1) is 5.56 Å². The van der Waals surface area contributed by atoms with Gasteiger partial charge < -0.3 is 19.5 Å². The largest absolute Gasteiger partial charge is 0.478 e. The van der Waals surface area contributed by atoms with Gasteiger partial charge in [-0.2, -0.15) is 13.2 Å². The van der Waals surface area contributed by atoms with Crippen LogP contribution in [0.2, 0.25) is 0 Å². The Morgan fingerprint density at radius 1 is 1.15 bits per heavy atom. The smallest absolute Gasteiger partial charge is 0.419 e. The van der Waals surface area contributed by atoms with Crippen molar-refractivity contribution in [3.8, 4) is 5.75 Å². The van der Waals surface area contributed by atoms with E-state index in [0.717, 1.165) is 18.1 Å². The second-order valence-corrected chi connectivity index (χ2v) is 8.64. The van der Waals surface area contributed by atoms with Crippen LogP contribution < -0.4 is 4.74 Å². The van der Waals surface area contributed by atoms with E-state index in [2.05, 4.69) is 0 Å². The monoisotopic (exact) mass is 483 g/mol. The molecule has 0 aromatic heterocycles. The van der Waals surface area contributed by atoms with Crippen LogP contribution in [-0.2, 0) is 22.3 Å². The number of carbonyl (C=O) groups excluding carboxylic acids is 1. The van der Waals surface area contributed by atoms with Crippen LogP contribution in [0.25, 0.3) is 0 Å². The van der Waals surface area contributed by atoms with Crippen molar-refractivity contribution in [1.29, 1.82) is 0 Å². The number of amides is 1. The molecule has 0 bridgehead atoms. The second-order valence-electron chi connectivity index (χ2n) is 8.64. The molecular formula is C24H25F4NO5. The molecule has 0 radical (unpaired) electrons. The number of aliphatic carboxylic acids is 1. The molecular weight excluding hydrogens is 458 g/mol. The molecule has 10 heteroatoms. The van der Waals surface area contributed by atoms with E-state index < -0.39 is 35.2 Å². The molecule has 34 heavy (non-hydrogen) atoms. The fourth-order valence-electron chi connectivity index (χ4n) is 3.70. The van der Waals surface area contributed by atoms with Crippen LogP contribution in [0.1, 0.15) is 49.3 Å². The molecule has 1 aliphatic heterocycles. The van der Waals surface area contributed by atoms with Crippen molar-refractivity contribution in [2.24, 2.45) is 0 Å². The maximum Gasteiger partial charge on any atom is 0.419 e. The number of carbonyl (C=O) groups is 2. The maximum atomic E-state index is 13.7. The summed E-state index contributed by atoms with van der Waals surface area (Å²) in [6, 6.07) is 9.42. The summed E-state index contributed by atoms with van der Waals surface area (Å²) < 4.78 is 62.6. The summed E-state index contributed by atoms with van der Waals surface area (Å²) in [6.07, 6.45) is -3.96. The van der Waals surface area contributed by atoms with Gasteiger partial charge in [-0.1, -0.05) is 18.2 Å². The molecule has 3 rings (SSSR count). The number of benzene rings is 2. The first-order valence-electron chi connectivity index (χ1n) is 10.7. The van der Waals surface area contributed by atoms with Gasteiger partial charge >= 0.3 is 18.2 Å². The third-order valence-electron chi connectivity index (χ3n) is 5.60. The molecule has 1 amide bonds. The number of carboxylic acids is 1. The van der Waals surface area contributed by atoms with Crippen LogP contribution in [0.4, 0.5) is 22.4 Å². The minimum absolute atomic E-state index is 0.0405. The van der Waals surface area contributed by atoms with Gasteiger partial charge in [0.25, 0.3) is 0 Å². The minimum Gasteiger partial charge on any atom is -0.478 e. The normalized spacial score (nSPS) is 16.8. The average Bonchev–Trinajstić information content (AvgIpc) is 2.76. The Morgan fingerprint density at radius 2 is 1.88 bits per heavy atom. The average molecular weight is 483 g/mol. The molecule has 0 saturated carbocycles. The summed E-state index contributed by atoms with van der Waals surface area (Å²) in [5.74, 6) is -2.17. The molecule has 1 aliphatic rings. The number of piperidine rings is 1. The first-order valence-corrected chi connectivity index (χ1v) is 10.7. The van der Waals surface area contributed by atoms with Crippen molar-refractivity contribution in [2.75, 3.05) is 13.1 Å². The Balaban J connectivity index is 1.62. The van der Waals surface area contributed by atoms with E-state index >= 15 is 0 Å². The highest BCUT2D eigenvalue weighted by molar-refractivity contribution is 5.76.